The van der Waals surface area contributed by atoms with Crippen LogP contribution in [0.5, 0.6) is 23.0 Å². The molecule has 2 heteroatoms. The molecule has 0 saturated carbocycles. The molecule has 0 bridgehead atoms. The monoisotopic (exact) mass is 470 g/mol. The molecule has 5 rings (SSSR count). The topological polar surface area (TPSA) is 18.5 Å². The Labute approximate surface area is 213 Å². The van der Waals surface area contributed by atoms with Gasteiger partial charge in [0.25, 0.3) is 0 Å². The lowest BCUT2D eigenvalue weighted by Crippen LogP contribution is -1.90. The van der Waals surface area contributed by atoms with Crippen molar-refractivity contribution in [1.82, 2.24) is 0 Å². The molecular weight excluding hydrogens is 440 g/mol. The van der Waals surface area contributed by atoms with E-state index in [0.717, 1.165) is 35.8 Å². The standard InChI is InChI=1S/C34H30O2/c1-25-3-7-27(8-4-25)23-29-11-15-31(16-12-29)35-33-19-21-34(22-20-33)36-32-17-13-30(14-18-32)24-28-9-5-26(2)6-10-28/h3-22H,23-24H2,1-2H3. The molecule has 0 aliphatic carbocycles. The molecule has 0 unspecified atom stereocenters. The zero-order chi connectivity index (χ0) is 24.7. The predicted octanol–water partition coefficient (Wildman–Crippen LogP) is 9.07. The van der Waals surface area contributed by atoms with Gasteiger partial charge in [0.2, 0.25) is 0 Å². The van der Waals surface area contributed by atoms with Crippen molar-refractivity contribution < 1.29 is 9.47 Å². The normalized spacial score (nSPS) is 10.7. The van der Waals surface area contributed by atoms with Gasteiger partial charge in [-0.3, -0.25) is 0 Å². The fraction of sp³-hybridized carbons (Fsp3) is 0.118. The van der Waals surface area contributed by atoms with Crippen LogP contribution in [0.4, 0.5) is 0 Å². The van der Waals surface area contributed by atoms with Crippen molar-refractivity contribution in [1.29, 1.82) is 0 Å². The fourth-order valence-corrected chi connectivity index (χ4v) is 4.08. The third-order valence-corrected chi connectivity index (χ3v) is 6.20. The summed E-state index contributed by atoms with van der Waals surface area (Å²) in [6, 6.07) is 41.6. The molecule has 5 aromatic rings. The Bertz CT molecular complexity index is 1270. The first-order valence-electron chi connectivity index (χ1n) is 12.3. The lowest BCUT2D eigenvalue weighted by molar-refractivity contribution is 0.469. The first-order chi connectivity index (χ1) is 17.6. The molecule has 0 aliphatic rings. The van der Waals surface area contributed by atoms with Crippen LogP contribution < -0.4 is 9.47 Å². The summed E-state index contributed by atoms with van der Waals surface area (Å²) < 4.78 is 12.1. The summed E-state index contributed by atoms with van der Waals surface area (Å²) in [4.78, 5) is 0. The lowest BCUT2D eigenvalue weighted by Gasteiger charge is -2.10. The van der Waals surface area contributed by atoms with Gasteiger partial charge in [0.15, 0.2) is 0 Å². The van der Waals surface area contributed by atoms with Crippen LogP contribution in [0.1, 0.15) is 33.4 Å². The summed E-state index contributed by atoms with van der Waals surface area (Å²) in [6.45, 7) is 4.22. The van der Waals surface area contributed by atoms with Gasteiger partial charge >= 0.3 is 0 Å². The van der Waals surface area contributed by atoms with E-state index in [1.54, 1.807) is 0 Å². The summed E-state index contributed by atoms with van der Waals surface area (Å²) in [5, 5.41) is 0. The highest BCUT2D eigenvalue weighted by molar-refractivity contribution is 5.40. The number of hydrogen-bond donors (Lipinski definition) is 0. The molecule has 2 nitrogen and oxygen atoms in total. The van der Waals surface area contributed by atoms with Gasteiger partial charge in [-0.15, -0.1) is 0 Å². The van der Waals surface area contributed by atoms with Crippen molar-refractivity contribution >= 4 is 0 Å². The van der Waals surface area contributed by atoms with Crippen LogP contribution >= 0.6 is 0 Å². The molecule has 0 N–H and O–H groups in total. The van der Waals surface area contributed by atoms with E-state index < -0.39 is 0 Å². The van der Waals surface area contributed by atoms with Crippen LogP contribution in [-0.4, -0.2) is 0 Å². The summed E-state index contributed by atoms with van der Waals surface area (Å²) in [7, 11) is 0. The van der Waals surface area contributed by atoms with Gasteiger partial charge in [-0.2, -0.15) is 0 Å². The van der Waals surface area contributed by atoms with Crippen LogP contribution in [0.25, 0.3) is 0 Å². The van der Waals surface area contributed by atoms with Crippen molar-refractivity contribution in [3.8, 4) is 23.0 Å². The number of rotatable bonds is 8. The van der Waals surface area contributed by atoms with E-state index in [4.69, 9.17) is 9.47 Å². The summed E-state index contributed by atoms with van der Waals surface area (Å²) >= 11 is 0. The van der Waals surface area contributed by atoms with Crippen molar-refractivity contribution in [3.63, 3.8) is 0 Å². The van der Waals surface area contributed by atoms with E-state index in [-0.39, 0.29) is 0 Å². The highest BCUT2D eigenvalue weighted by atomic mass is 16.5. The van der Waals surface area contributed by atoms with E-state index in [1.807, 2.05) is 48.5 Å². The van der Waals surface area contributed by atoms with E-state index in [0.29, 0.717) is 0 Å². The smallest absolute Gasteiger partial charge is 0.127 e. The summed E-state index contributed by atoms with van der Waals surface area (Å²) in [5.74, 6) is 3.20. The van der Waals surface area contributed by atoms with Gasteiger partial charge in [-0.1, -0.05) is 83.9 Å². The van der Waals surface area contributed by atoms with Gasteiger partial charge in [0, 0.05) is 0 Å². The highest BCUT2D eigenvalue weighted by Crippen LogP contribution is 2.28. The maximum atomic E-state index is 6.03. The highest BCUT2D eigenvalue weighted by Gasteiger charge is 2.03. The van der Waals surface area contributed by atoms with E-state index in [9.17, 15) is 0 Å². The van der Waals surface area contributed by atoms with Crippen molar-refractivity contribution in [2.24, 2.45) is 0 Å². The van der Waals surface area contributed by atoms with Gasteiger partial charge in [0.05, 0.1) is 0 Å². The Balaban J connectivity index is 1.14. The lowest BCUT2D eigenvalue weighted by atomic mass is 10.0. The number of benzene rings is 5. The third kappa shape index (κ3) is 6.43. The molecule has 0 fully saturated rings. The van der Waals surface area contributed by atoms with Crippen molar-refractivity contribution in [3.05, 3.63) is 155 Å². The van der Waals surface area contributed by atoms with Gasteiger partial charge in [-0.05, 0) is 97.5 Å². The fourth-order valence-electron chi connectivity index (χ4n) is 4.08. The minimum absolute atomic E-state index is 0.780. The summed E-state index contributed by atoms with van der Waals surface area (Å²) in [5.41, 5.74) is 7.72. The molecule has 0 heterocycles. The van der Waals surface area contributed by atoms with Crippen LogP contribution in [0.15, 0.2) is 121 Å². The Morgan fingerprint density at radius 3 is 0.833 bits per heavy atom. The molecule has 36 heavy (non-hydrogen) atoms. The van der Waals surface area contributed by atoms with Gasteiger partial charge in [-0.25, -0.2) is 0 Å². The Kier molecular flexibility index (Phi) is 7.14. The first kappa shape index (κ1) is 23.4. The molecule has 0 saturated heterocycles. The van der Waals surface area contributed by atoms with E-state index in [1.165, 1.54) is 33.4 Å². The Morgan fingerprint density at radius 2 is 0.556 bits per heavy atom. The average molecular weight is 471 g/mol. The zero-order valence-electron chi connectivity index (χ0n) is 20.8. The van der Waals surface area contributed by atoms with Crippen LogP contribution in [0, 0.1) is 13.8 Å². The molecule has 0 radical (unpaired) electrons. The first-order valence-corrected chi connectivity index (χ1v) is 12.3. The third-order valence-electron chi connectivity index (χ3n) is 6.20. The molecular formula is C34H30O2. The molecule has 0 atom stereocenters. The Morgan fingerprint density at radius 1 is 0.333 bits per heavy atom. The van der Waals surface area contributed by atoms with E-state index >= 15 is 0 Å². The van der Waals surface area contributed by atoms with Gasteiger partial charge in [0.1, 0.15) is 23.0 Å². The van der Waals surface area contributed by atoms with Crippen molar-refractivity contribution in [2.75, 3.05) is 0 Å². The van der Waals surface area contributed by atoms with Crippen LogP contribution in [-0.2, 0) is 12.8 Å². The second-order valence-electron chi connectivity index (χ2n) is 9.29. The number of aryl methyl sites for hydroxylation is 2. The largest absolute Gasteiger partial charge is 0.457 e. The number of hydrogen-bond acceptors (Lipinski definition) is 2. The molecule has 0 aromatic heterocycles. The molecule has 178 valence electrons. The minimum Gasteiger partial charge on any atom is -0.457 e. The SMILES string of the molecule is Cc1ccc(Cc2ccc(Oc3ccc(Oc4ccc(Cc5ccc(C)cc5)cc4)cc3)cc2)cc1. The van der Waals surface area contributed by atoms with E-state index in [2.05, 4.69) is 86.6 Å². The molecule has 0 spiro atoms. The average Bonchev–Trinajstić information content (AvgIpc) is 2.90. The van der Waals surface area contributed by atoms with Gasteiger partial charge < -0.3 is 9.47 Å². The second-order valence-corrected chi connectivity index (χ2v) is 9.29. The predicted molar refractivity (Wildman–Crippen MR) is 147 cm³/mol. The van der Waals surface area contributed by atoms with Crippen LogP contribution in [0.2, 0.25) is 0 Å². The summed E-state index contributed by atoms with van der Waals surface area (Å²) in [6.07, 6.45) is 1.83. The minimum atomic E-state index is 0.780. The molecule has 0 amide bonds. The quantitative estimate of drug-likeness (QED) is 0.225. The Hall–Kier alpha value is -4.30. The zero-order valence-corrected chi connectivity index (χ0v) is 20.8. The number of ether oxygens (including phenoxy) is 2. The molecule has 0 aliphatic heterocycles. The second kappa shape index (κ2) is 11.0. The maximum Gasteiger partial charge on any atom is 0.127 e. The van der Waals surface area contributed by atoms with Crippen molar-refractivity contribution in [2.45, 2.75) is 26.7 Å². The maximum absolute atomic E-state index is 6.03. The van der Waals surface area contributed by atoms with Crippen LogP contribution in [0.3, 0.4) is 0 Å². The molecule has 5 aromatic carbocycles.